The summed E-state index contributed by atoms with van der Waals surface area (Å²) in [5.74, 6) is 2.06. The van der Waals surface area contributed by atoms with Crippen LogP contribution in [0.5, 0.6) is 11.5 Å². The number of hydrogen-bond donors (Lipinski definition) is 0. The Kier molecular flexibility index (Phi) is 3.69. The Hall–Kier alpha value is -1.20. The highest BCUT2D eigenvalue weighted by molar-refractivity contribution is 6.62. The standard InChI is InChI=1S/C17H25BO4/c1-16(2)17(3,4)22-18(21-16)13-10-15(20-6)14(19-5)9-12(13)11-7-8-11/h9-11H,7-8H2,1-6H3. The summed E-state index contributed by atoms with van der Waals surface area (Å²) in [5, 5.41) is 0. The molecule has 120 valence electrons. The molecule has 1 aromatic carbocycles. The zero-order chi connectivity index (χ0) is 16.1. The molecule has 0 radical (unpaired) electrons. The number of hydrogen-bond acceptors (Lipinski definition) is 4. The smallest absolute Gasteiger partial charge is 0.493 e. The molecule has 2 fully saturated rings. The highest BCUT2D eigenvalue weighted by Crippen LogP contribution is 2.44. The summed E-state index contributed by atoms with van der Waals surface area (Å²) >= 11 is 0. The van der Waals surface area contributed by atoms with E-state index in [1.807, 2.05) is 6.07 Å². The van der Waals surface area contributed by atoms with E-state index in [-0.39, 0.29) is 18.3 Å². The fraction of sp³-hybridized carbons (Fsp3) is 0.647. The average molecular weight is 304 g/mol. The first kappa shape index (κ1) is 15.7. The summed E-state index contributed by atoms with van der Waals surface area (Å²) in [6, 6.07) is 4.09. The molecule has 0 unspecified atom stereocenters. The van der Waals surface area contributed by atoms with Crippen molar-refractivity contribution in [1.82, 2.24) is 0 Å². The van der Waals surface area contributed by atoms with Crippen LogP contribution in [-0.2, 0) is 9.31 Å². The highest BCUT2D eigenvalue weighted by Gasteiger charge is 2.53. The second-order valence-electron chi connectivity index (χ2n) is 7.20. The molecule has 1 aliphatic heterocycles. The Morgan fingerprint density at radius 1 is 0.955 bits per heavy atom. The lowest BCUT2D eigenvalue weighted by atomic mass is 9.74. The van der Waals surface area contributed by atoms with Crippen LogP contribution in [0, 0.1) is 0 Å². The Bertz CT molecular complexity index is 562. The molecule has 1 heterocycles. The lowest BCUT2D eigenvalue weighted by Gasteiger charge is -2.32. The Labute approximate surface area is 133 Å². The molecule has 1 saturated heterocycles. The molecule has 0 spiro atoms. The van der Waals surface area contributed by atoms with Crippen LogP contribution >= 0.6 is 0 Å². The van der Waals surface area contributed by atoms with Gasteiger partial charge in [0.25, 0.3) is 0 Å². The van der Waals surface area contributed by atoms with Gasteiger partial charge in [0.1, 0.15) is 0 Å². The van der Waals surface area contributed by atoms with Crippen LogP contribution in [0.25, 0.3) is 0 Å². The van der Waals surface area contributed by atoms with Gasteiger partial charge in [-0.25, -0.2) is 0 Å². The molecule has 0 N–H and O–H groups in total. The van der Waals surface area contributed by atoms with Crippen molar-refractivity contribution in [1.29, 1.82) is 0 Å². The van der Waals surface area contributed by atoms with Crippen LogP contribution in [0.3, 0.4) is 0 Å². The third kappa shape index (κ3) is 2.50. The van der Waals surface area contributed by atoms with E-state index in [9.17, 15) is 0 Å². The van der Waals surface area contributed by atoms with Gasteiger partial charge >= 0.3 is 7.12 Å². The fourth-order valence-corrected chi connectivity index (χ4v) is 2.83. The van der Waals surface area contributed by atoms with E-state index in [4.69, 9.17) is 18.8 Å². The monoisotopic (exact) mass is 304 g/mol. The minimum Gasteiger partial charge on any atom is -0.493 e. The van der Waals surface area contributed by atoms with Crippen molar-refractivity contribution >= 4 is 12.6 Å². The molecular formula is C17H25BO4. The van der Waals surface area contributed by atoms with Crippen LogP contribution in [0.4, 0.5) is 0 Å². The number of rotatable bonds is 4. The van der Waals surface area contributed by atoms with Crippen molar-refractivity contribution in [3.05, 3.63) is 17.7 Å². The summed E-state index contributed by atoms with van der Waals surface area (Å²) < 4.78 is 23.4. The van der Waals surface area contributed by atoms with Crippen LogP contribution in [0.2, 0.25) is 0 Å². The lowest BCUT2D eigenvalue weighted by Crippen LogP contribution is -2.41. The molecule has 4 nitrogen and oxygen atoms in total. The molecule has 0 bridgehead atoms. The zero-order valence-electron chi connectivity index (χ0n) is 14.4. The topological polar surface area (TPSA) is 36.9 Å². The van der Waals surface area contributed by atoms with Crippen LogP contribution in [0.15, 0.2) is 12.1 Å². The van der Waals surface area contributed by atoms with E-state index >= 15 is 0 Å². The van der Waals surface area contributed by atoms with Crippen LogP contribution in [0.1, 0.15) is 52.0 Å². The van der Waals surface area contributed by atoms with E-state index in [2.05, 4.69) is 33.8 Å². The number of benzene rings is 1. The minimum atomic E-state index is -0.361. The first-order valence-electron chi connectivity index (χ1n) is 7.90. The van der Waals surface area contributed by atoms with E-state index < -0.39 is 0 Å². The molecule has 2 aliphatic rings. The normalized spacial score (nSPS) is 22.7. The van der Waals surface area contributed by atoms with Crippen molar-refractivity contribution in [3.8, 4) is 11.5 Å². The summed E-state index contributed by atoms with van der Waals surface area (Å²) in [6.45, 7) is 8.30. The summed E-state index contributed by atoms with van der Waals surface area (Å²) in [7, 11) is 2.96. The maximum Gasteiger partial charge on any atom is 0.495 e. The average Bonchev–Trinajstić information content (AvgIpc) is 3.25. The summed E-state index contributed by atoms with van der Waals surface area (Å²) in [6.07, 6.45) is 2.42. The predicted octanol–water partition coefficient (Wildman–Crippen LogP) is 2.88. The van der Waals surface area contributed by atoms with Gasteiger partial charge in [0, 0.05) is 0 Å². The Balaban J connectivity index is 2.03. The third-order valence-corrected chi connectivity index (χ3v) is 5.11. The summed E-state index contributed by atoms with van der Waals surface area (Å²) in [5.41, 5.74) is 1.65. The molecule has 3 rings (SSSR count). The van der Waals surface area contributed by atoms with Gasteiger partial charge < -0.3 is 18.8 Å². The third-order valence-electron chi connectivity index (χ3n) is 5.11. The van der Waals surface area contributed by atoms with E-state index in [1.165, 1.54) is 18.4 Å². The van der Waals surface area contributed by atoms with Gasteiger partial charge in [-0.1, -0.05) is 0 Å². The van der Waals surface area contributed by atoms with Crippen molar-refractivity contribution < 1.29 is 18.8 Å². The molecular weight excluding hydrogens is 279 g/mol. The molecule has 5 heteroatoms. The Morgan fingerprint density at radius 3 is 1.91 bits per heavy atom. The quantitative estimate of drug-likeness (QED) is 0.802. The largest absolute Gasteiger partial charge is 0.495 e. The van der Waals surface area contributed by atoms with Gasteiger partial charge in [0.05, 0.1) is 25.4 Å². The molecule has 0 amide bonds. The molecule has 1 saturated carbocycles. The fourth-order valence-electron chi connectivity index (χ4n) is 2.83. The second-order valence-corrected chi connectivity index (χ2v) is 7.20. The van der Waals surface area contributed by atoms with Crippen molar-refractivity contribution in [2.45, 2.75) is 57.7 Å². The lowest BCUT2D eigenvalue weighted by molar-refractivity contribution is 0.00578. The van der Waals surface area contributed by atoms with E-state index in [0.29, 0.717) is 5.92 Å². The van der Waals surface area contributed by atoms with Gasteiger partial charge in [-0.05, 0) is 69.6 Å². The maximum atomic E-state index is 6.22. The zero-order valence-corrected chi connectivity index (χ0v) is 14.4. The van der Waals surface area contributed by atoms with Gasteiger partial charge in [-0.2, -0.15) is 0 Å². The van der Waals surface area contributed by atoms with Crippen molar-refractivity contribution in [3.63, 3.8) is 0 Å². The van der Waals surface area contributed by atoms with Crippen LogP contribution < -0.4 is 14.9 Å². The van der Waals surface area contributed by atoms with Crippen molar-refractivity contribution in [2.75, 3.05) is 14.2 Å². The highest BCUT2D eigenvalue weighted by atomic mass is 16.7. The summed E-state index contributed by atoms with van der Waals surface area (Å²) in [4.78, 5) is 0. The molecule has 22 heavy (non-hydrogen) atoms. The van der Waals surface area contributed by atoms with Gasteiger partial charge in [-0.15, -0.1) is 0 Å². The maximum absolute atomic E-state index is 6.22. The first-order valence-corrected chi connectivity index (χ1v) is 7.90. The van der Waals surface area contributed by atoms with Gasteiger partial charge in [0.2, 0.25) is 0 Å². The molecule has 1 aliphatic carbocycles. The van der Waals surface area contributed by atoms with E-state index in [0.717, 1.165) is 17.0 Å². The predicted molar refractivity (Wildman–Crippen MR) is 87.2 cm³/mol. The number of methoxy groups -OCH3 is 2. The first-order chi connectivity index (χ1) is 10.3. The SMILES string of the molecule is COc1cc(B2OC(C)(C)C(C)(C)O2)c(C2CC2)cc1OC. The van der Waals surface area contributed by atoms with Crippen molar-refractivity contribution in [2.24, 2.45) is 0 Å². The molecule has 1 aromatic rings. The molecule has 0 aromatic heterocycles. The minimum absolute atomic E-state index is 0.342. The van der Waals surface area contributed by atoms with Crippen LogP contribution in [-0.4, -0.2) is 32.5 Å². The van der Waals surface area contributed by atoms with E-state index in [1.54, 1.807) is 14.2 Å². The van der Waals surface area contributed by atoms with Gasteiger partial charge in [0.15, 0.2) is 11.5 Å². The Morgan fingerprint density at radius 2 is 1.45 bits per heavy atom. The second kappa shape index (κ2) is 5.17. The molecule has 0 atom stereocenters. The van der Waals surface area contributed by atoms with Gasteiger partial charge in [-0.3, -0.25) is 0 Å². The number of ether oxygens (including phenoxy) is 2.